The fourth-order valence-electron chi connectivity index (χ4n) is 1.69. The van der Waals surface area contributed by atoms with E-state index < -0.39 is 0 Å². The lowest BCUT2D eigenvalue weighted by molar-refractivity contribution is 0.467. The van der Waals surface area contributed by atoms with Gasteiger partial charge in [-0.1, -0.05) is 0 Å². The summed E-state index contributed by atoms with van der Waals surface area (Å²) in [4.78, 5) is 0. The zero-order valence-electron chi connectivity index (χ0n) is 11.5. The second-order valence-corrected chi connectivity index (χ2v) is 4.55. The molecule has 0 bridgehead atoms. The molecular weight excluding hydrogens is 256 g/mol. The van der Waals surface area contributed by atoms with Crippen LogP contribution in [0.3, 0.4) is 0 Å². The van der Waals surface area contributed by atoms with E-state index in [4.69, 9.17) is 28.0 Å². The first-order valence-corrected chi connectivity index (χ1v) is 5.91. The molecule has 10 N–H and O–H groups in total. The summed E-state index contributed by atoms with van der Waals surface area (Å²) in [5.74, 6) is 0.239. The van der Waals surface area contributed by atoms with Gasteiger partial charge in [-0.25, -0.2) is 0 Å². The Morgan fingerprint density at radius 2 is 1.00 bits per heavy atom. The van der Waals surface area contributed by atoms with Crippen molar-refractivity contribution in [2.45, 2.75) is 13.8 Å². The van der Waals surface area contributed by atoms with E-state index in [1.54, 1.807) is 12.1 Å². The quantitative estimate of drug-likeness (QED) is 0.245. The maximum atomic E-state index is 9.28. The van der Waals surface area contributed by atoms with E-state index in [1.165, 1.54) is 12.1 Å². The Balaban J connectivity index is 0.000000200. The summed E-state index contributed by atoms with van der Waals surface area (Å²) in [6, 6.07) is 6.40. The fraction of sp³-hybridized carbons (Fsp3) is 0.143. The molecule has 0 aromatic heterocycles. The minimum absolute atomic E-state index is 0.103. The average Bonchev–Trinajstić information content (AvgIpc) is 2.33. The van der Waals surface area contributed by atoms with Crippen molar-refractivity contribution in [1.82, 2.24) is 0 Å². The van der Waals surface area contributed by atoms with Crippen LogP contribution in [0.2, 0.25) is 0 Å². The molecule has 2 rings (SSSR count). The molecule has 6 heteroatoms. The van der Waals surface area contributed by atoms with E-state index in [-0.39, 0.29) is 17.1 Å². The molecule has 20 heavy (non-hydrogen) atoms. The van der Waals surface area contributed by atoms with Gasteiger partial charge in [0.05, 0.1) is 11.4 Å². The zero-order valence-corrected chi connectivity index (χ0v) is 11.5. The molecule has 0 aliphatic rings. The fourth-order valence-corrected chi connectivity index (χ4v) is 1.69. The number of aryl methyl sites for hydroxylation is 2. The largest absolute Gasteiger partial charge is 0.507 e. The van der Waals surface area contributed by atoms with Crippen LogP contribution in [0.4, 0.5) is 22.7 Å². The van der Waals surface area contributed by atoms with Gasteiger partial charge in [0.1, 0.15) is 5.75 Å². The highest BCUT2D eigenvalue weighted by molar-refractivity contribution is 5.72. The highest BCUT2D eigenvalue weighted by Crippen LogP contribution is 2.29. The van der Waals surface area contributed by atoms with E-state index in [2.05, 4.69) is 0 Å². The molecule has 0 fully saturated rings. The van der Waals surface area contributed by atoms with Crippen LogP contribution >= 0.6 is 0 Å². The van der Waals surface area contributed by atoms with Crippen LogP contribution in [0.25, 0.3) is 0 Å². The second-order valence-electron chi connectivity index (χ2n) is 4.55. The topological polar surface area (TPSA) is 145 Å². The molecule has 0 amide bonds. The third-order valence-corrected chi connectivity index (χ3v) is 2.70. The number of hydrogen-bond acceptors (Lipinski definition) is 6. The number of nitrogen functional groups attached to an aromatic ring is 4. The molecule has 0 heterocycles. The molecule has 0 spiro atoms. The monoisotopic (exact) mass is 276 g/mol. The molecule has 108 valence electrons. The predicted octanol–water partition coefficient (Wildman–Crippen LogP) is 1.73. The Bertz CT molecular complexity index is 525. The zero-order chi connectivity index (χ0) is 15.4. The van der Waals surface area contributed by atoms with Crippen LogP contribution in [0.1, 0.15) is 11.1 Å². The Morgan fingerprint density at radius 3 is 1.40 bits per heavy atom. The van der Waals surface area contributed by atoms with Crippen LogP contribution in [0.5, 0.6) is 11.5 Å². The van der Waals surface area contributed by atoms with Gasteiger partial charge < -0.3 is 33.1 Å². The highest BCUT2D eigenvalue weighted by Gasteiger charge is 2.01. The Morgan fingerprint density at radius 1 is 0.650 bits per heavy atom. The molecule has 2 aromatic rings. The number of hydrogen-bond donors (Lipinski definition) is 6. The lowest BCUT2D eigenvalue weighted by Gasteiger charge is -2.03. The number of aromatic hydroxyl groups is 2. The van der Waals surface area contributed by atoms with Gasteiger partial charge in [-0.3, -0.25) is 0 Å². The number of phenolic OH excluding ortho intramolecular Hbond substituents is 2. The van der Waals surface area contributed by atoms with Gasteiger partial charge in [0, 0.05) is 11.4 Å². The van der Waals surface area contributed by atoms with Gasteiger partial charge in [-0.05, 0) is 49.2 Å². The van der Waals surface area contributed by atoms with Crippen molar-refractivity contribution in [3.8, 4) is 11.5 Å². The summed E-state index contributed by atoms with van der Waals surface area (Å²) in [7, 11) is 0. The first kappa shape index (κ1) is 15.3. The summed E-state index contributed by atoms with van der Waals surface area (Å²) in [5, 5.41) is 18.3. The number of phenols is 2. The molecule has 6 nitrogen and oxygen atoms in total. The first-order valence-electron chi connectivity index (χ1n) is 5.91. The molecular formula is C14H20N4O2. The number of nitrogens with two attached hydrogens (primary N) is 4. The summed E-state index contributed by atoms with van der Waals surface area (Å²) in [6.07, 6.45) is 0. The van der Waals surface area contributed by atoms with Gasteiger partial charge in [-0.15, -0.1) is 0 Å². The maximum absolute atomic E-state index is 9.28. The lowest BCUT2D eigenvalue weighted by atomic mass is 10.1. The highest BCUT2D eigenvalue weighted by atomic mass is 16.3. The Labute approximate surface area is 117 Å². The van der Waals surface area contributed by atoms with E-state index in [0.717, 1.165) is 11.1 Å². The molecule has 0 radical (unpaired) electrons. The van der Waals surface area contributed by atoms with Crippen LogP contribution in [-0.2, 0) is 0 Å². The van der Waals surface area contributed by atoms with Crippen LogP contribution in [0.15, 0.2) is 24.3 Å². The summed E-state index contributed by atoms with van der Waals surface area (Å²) in [6.45, 7) is 3.66. The van der Waals surface area contributed by atoms with Crippen molar-refractivity contribution in [3.05, 3.63) is 35.4 Å². The summed E-state index contributed by atoms with van der Waals surface area (Å²) < 4.78 is 0. The van der Waals surface area contributed by atoms with Gasteiger partial charge in [0.15, 0.2) is 5.75 Å². The van der Waals surface area contributed by atoms with Gasteiger partial charge >= 0.3 is 0 Å². The second kappa shape index (κ2) is 5.92. The SMILES string of the molecule is Cc1cc(N)cc(C)c1O.Nc1cc(N)c(O)c(N)c1. The van der Waals surface area contributed by atoms with Gasteiger partial charge in [-0.2, -0.15) is 0 Å². The molecule has 0 unspecified atom stereocenters. The van der Waals surface area contributed by atoms with E-state index in [9.17, 15) is 5.11 Å². The van der Waals surface area contributed by atoms with Gasteiger partial charge in [0.2, 0.25) is 0 Å². The first-order chi connectivity index (χ1) is 9.22. The number of benzene rings is 2. The van der Waals surface area contributed by atoms with Crippen molar-refractivity contribution in [1.29, 1.82) is 0 Å². The van der Waals surface area contributed by atoms with Crippen molar-refractivity contribution in [2.24, 2.45) is 0 Å². The lowest BCUT2D eigenvalue weighted by Crippen LogP contribution is -1.94. The molecule has 0 saturated carbocycles. The standard InChI is InChI=1S/C8H11NO.C6H9N3O/c1-5-3-7(9)4-6(2)8(5)10;7-3-1-4(8)6(10)5(9)2-3/h3-4,10H,9H2,1-2H3;1-2,10H,7-9H2. The minimum Gasteiger partial charge on any atom is -0.507 e. The van der Waals surface area contributed by atoms with E-state index >= 15 is 0 Å². The maximum Gasteiger partial charge on any atom is 0.161 e. The van der Waals surface area contributed by atoms with Crippen LogP contribution in [-0.4, -0.2) is 10.2 Å². The molecule has 2 aromatic carbocycles. The van der Waals surface area contributed by atoms with E-state index in [0.29, 0.717) is 17.1 Å². The van der Waals surface area contributed by atoms with Crippen molar-refractivity contribution < 1.29 is 10.2 Å². The van der Waals surface area contributed by atoms with Crippen molar-refractivity contribution in [3.63, 3.8) is 0 Å². The number of rotatable bonds is 0. The average molecular weight is 276 g/mol. The summed E-state index contributed by atoms with van der Waals surface area (Å²) in [5.41, 5.74) is 24.7. The van der Waals surface area contributed by atoms with Crippen LogP contribution < -0.4 is 22.9 Å². The van der Waals surface area contributed by atoms with Gasteiger partial charge in [0.25, 0.3) is 0 Å². The minimum atomic E-state index is -0.103. The molecule has 0 saturated heterocycles. The smallest absolute Gasteiger partial charge is 0.161 e. The molecule has 0 aliphatic carbocycles. The predicted molar refractivity (Wildman–Crippen MR) is 83.3 cm³/mol. The third-order valence-electron chi connectivity index (χ3n) is 2.70. The summed E-state index contributed by atoms with van der Waals surface area (Å²) >= 11 is 0. The third kappa shape index (κ3) is 3.61. The van der Waals surface area contributed by atoms with Crippen LogP contribution in [0, 0.1) is 13.8 Å². The Hall–Kier alpha value is -2.76. The van der Waals surface area contributed by atoms with E-state index in [1.807, 2.05) is 13.8 Å². The molecule has 0 aliphatic heterocycles. The normalized spacial score (nSPS) is 9.70. The number of anilines is 4. The van der Waals surface area contributed by atoms with Crippen molar-refractivity contribution >= 4 is 22.7 Å². The van der Waals surface area contributed by atoms with Crippen molar-refractivity contribution in [2.75, 3.05) is 22.9 Å². The Kier molecular flexibility index (Phi) is 4.53. The molecule has 0 atom stereocenters.